The first-order valence-electron chi connectivity index (χ1n) is 8.08. The van der Waals surface area contributed by atoms with Gasteiger partial charge in [-0.25, -0.2) is 0 Å². The summed E-state index contributed by atoms with van der Waals surface area (Å²) >= 11 is 0. The molecule has 4 radical (unpaired) electrons. The van der Waals surface area contributed by atoms with Gasteiger partial charge in [0.05, 0.1) is 20.6 Å². The highest BCUT2D eigenvalue weighted by Gasteiger charge is 2.06. The van der Waals surface area contributed by atoms with Crippen molar-refractivity contribution in [3.8, 4) is 23.0 Å². The third-order valence-electron chi connectivity index (χ3n) is 3.68. The van der Waals surface area contributed by atoms with E-state index in [2.05, 4.69) is 0 Å². The average molecular weight is 396 g/mol. The van der Waals surface area contributed by atoms with Crippen LogP contribution in [0.1, 0.15) is 17.5 Å². The SMILES string of the molecule is COc1cc(/C=C/C(=O)CC(=O)/C=C/c2ccc(O)c(OC)c2)ccc1O.[Si]. The number of rotatable bonds is 8. The minimum Gasteiger partial charge on any atom is -0.504 e. The van der Waals surface area contributed by atoms with Crippen molar-refractivity contribution in [2.45, 2.75) is 6.42 Å². The van der Waals surface area contributed by atoms with Crippen molar-refractivity contribution in [1.82, 2.24) is 0 Å². The molecule has 7 heteroatoms. The molecule has 28 heavy (non-hydrogen) atoms. The summed E-state index contributed by atoms with van der Waals surface area (Å²) in [6.07, 6.45) is 5.44. The quantitative estimate of drug-likeness (QED) is 0.405. The van der Waals surface area contributed by atoms with Crippen LogP contribution in [-0.2, 0) is 9.59 Å². The first kappa shape index (κ1) is 22.7. The number of benzene rings is 2. The van der Waals surface area contributed by atoms with Gasteiger partial charge in [0.2, 0.25) is 0 Å². The Bertz CT molecular complexity index is 828. The number of phenols is 2. The van der Waals surface area contributed by atoms with Crippen molar-refractivity contribution in [3.63, 3.8) is 0 Å². The van der Waals surface area contributed by atoms with Crippen LogP contribution in [0.15, 0.2) is 48.6 Å². The molecule has 144 valence electrons. The molecule has 0 aromatic heterocycles. The normalized spacial score (nSPS) is 10.6. The second-order valence-electron chi connectivity index (χ2n) is 5.64. The maximum Gasteiger partial charge on any atom is 0.163 e. The van der Waals surface area contributed by atoms with E-state index in [0.29, 0.717) is 22.6 Å². The maximum absolute atomic E-state index is 11.9. The Balaban J connectivity index is 0.00000392. The first-order chi connectivity index (χ1) is 12.9. The molecule has 0 aliphatic carbocycles. The number of allylic oxidation sites excluding steroid dienone is 2. The van der Waals surface area contributed by atoms with Gasteiger partial charge >= 0.3 is 0 Å². The van der Waals surface area contributed by atoms with Gasteiger partial charge in [0.1, 0.15) is 0 Å². The summed E-state index contributed by atoms with van der Waals surface area (Å²) in [4.78, 5) is 23.9. The lowest BCUT2D eigenvalue weighted by Crippen LogP contribution is -2.01. The molecule has 0 atom stereocenters. The van der Waals surface area contributed by atoms with E-state index in [-0.39, 0.29) is 40.5 Å². The number of carbonyl (C=O) groups is 2. The number of aromatic hydroxyl groups is 2. The van der Waals surface area contributed by atoms with Crippen molar-refractivity contribution in [1.29, 1.82) is 0 Å². The zero-order valence-electron chi connectivity index (χ0n) is 15.5. The van der Waals surface area contributed by atoms with Crippen LogP contribution in [-0.4, -0.2) is 47.0 Å². The second-order valence-corrected chi connectivity index (χ2v) is 5.64. The lowest BCUT2D eigenvalue weighted by molar-refractivity contribution is -0.121. The molecule has 2 rings (SSSR count). The summed E-state index contributed by atoms with van der Waals surface area (Å²) in [5.74, 6) is -0.0832. The van der Waals surface area contributed by atoms with E-state index >= 15 is 0 Å². The van der Waals surface area contributed by atoms with E-state index in [1.165, 1.54) is 38.5 Å². The summed E-state index contributed by atoms with van der Waals surface area (Å²) in [6, 6.07) is 9.34. The molecule has 0 heterocycles. The van der Waals surface area contributed by atoms with Gasteiger partial charge in [-0.3, -0.25) is 9.59 Å². The minimum atomic E-state index is -0.347. The summed E-state index contributed by atoms with van der Waals surface area (Å²) in [5.41, 5.74) is 1.33. The molecule has 0 unspecified atom stereocenters. The lowest BCUT2D eigenvalue weighted by atomic mass is 10.1. The predicted octanol–water partition coefficient (Wildman–Crippen LogP) is 2.99. The van der Waals surface area contributed by atoms with E-state index in [0.717, 1.165) is 0 Å². The Morgan fingerprint density at radius 3 is 1.57 bits per heavy atom. The van der Waals surface area contributed by atoms with Crippen molar-refractivity contribution >= 4 is 34.7 Å². The largest absolute Gasteiger partial charge is 0.504 e. The molecule has 0 fully saturated rings. The second kappa shape index (κ2) is 10.7. The van der Waals surface area contributed by atoms with Crippen LogP contribution in [0, 0.1) is 0 Å². The molecule has 2 aromatic carbocycles. The lowest BCUT2D eigenvalue weighted by Gasteiger charge is -2.03. The molecule has 0 spiro atoms. The van der Waals surface area contributed by atoms with E-state index in [1.807, 2.05) is 0 Å². The molecule has 6 nitrogen and oxygen atoms in total. The summed E-state index contributed by atoms with van der Waals surface area (Å²) < 4.78 is 10.00. The molecule has 0 saturated heterocycles. The van der Waals surface area contributed by atoms with E-state index in [4.69, 9.17) is 9.47 Å². The highest BCUT2D eigenvalue weighted by molar-refractivity contribution is 6.10. The van der Waals surface area contributed by atoms with Gasteiger partial charge in [0.25, 0.3) is 0 Å². The number of hydrogen-bond acceptors (Lipinski definition) is 6. The Hall–Kier alpha value is -3.32. The molecule has 2 aromatic rings. The first-order valence-corrected chi connectivity index (χ1v) is 8.08. The predicted molar refractivity (Wildman–Crippen MR) is 108 cm³/mol. The smallest absolute Gasteiger partial charge is 0.163 e. The minimum absolute atomic E-state index is 0. The molecular formula is C21H20O6Si. The third kappa shape index (κ3) is 6.44. The number of carbonyl (C=O) groups excluding carboxylic acids is 2. The van der Waals surface area contributed by atoms with Crippen LogP contribution in [0.4, 0.5) is 0 Å². The number of ether oxygens (including phenoxy) is 2. The molecule has 0 aliphatic rings. The Kier molecular flexibility index (Phi) is 8.71. The fraction of sp³-hybridized carbons (Fsp3) is 0.143. The van der Waals surface area contributed by atoms with Crippen LogP contribution in [0.2, 0.25) is 0 Å². The molecular weight excluding hydrogens is 376 g/mol. The van der Waals surface area contributed by atoms with Crippen LogP contribution >= 0.6 is 0 Å². The van der Waals surface area contributed by atoms with Gasteiger partial charge in [-0.15, -0.1) is 0 Å². The summed E-state index contributed by atoms with van der Waals surface area (Å²) in [5, 5.41) is 19.1. The summed E-state index contributed by atoms with van der Waals surface area (Å²) in [7, 11) is 2.87. The van der Waals surface area contributed by atoms with Gasteiger partial charge < -0.3 is 19.7 Å². The maximum atomic E-state index is 11.9. The Morgan fingerprint density at radius 2 is 1.21 bits per heavy atom. The topological polar surface area (TPSA) is 93.1 Å². The van der Waals surface area contributed by atoms with Crippen LogP contribution in [0.3, 0.4) is 0 Å². The number of phenolic OH excluding ortho intramolecular Hbond substituents is 2. The summed E-state index contributed by atoms with van der Waals surface area (Å²) in [6.45, 7) is 0. The van der Waals surface area contributed by atoms with Gasteiger partial charge in [-0.05, 0) is 47.5 Å². The van der Waals surface area contributed by atoms with Gasteiger partial charge in [0, 0.05) is 11.0 Å². The van der Waals surface area contributed by atoms with Gasteiger partial charge in [0.15, 0.2) is 34.6 Å². The zero-order chi connectivity index (χ0) is 19.8. The Morgan fingerprint density at radius 1 is 0.821 bits per heavy atom. The fourth-order valence-corrected chi connectivity index (χ4v) is 2.26. The van der Waals surface area contributed by atoms with Crippen LogP contribution < -0.4 is 9.47 Å². The van der Waals surface area contributed by atoms with Gasteiger partial charge in [-0.1, -0.05) is 24.3 Å². The van der Waals surface area contributed by atoms with Crippen molar-refractivity contribution in [2.75, 3.05) is 14.2 Å². The van der Waals surface area contributed by atoms with E-state index in [9.17, 15) is 19.8 Å². The molecule has 0 aliphatic heterocycles. The van der Waals surface area contributed by atoms with Crippen LogP contribution in [0.25, 0.3) is 12.2 Å². The van der Waals surface area contributed by atoms with Crippen LogP contribution in [0.5, 0.6) is 23.0 Å². The third-order valence-corrected chi connectivity index (χ3v) is 3.68. The van der Waals surface area contributed by atoms with E-state index < -0.39 is 0 Å². The molecule has 0 amide bonds. The van der Waals surface area contributed by atoms with Gasteiger partial charge in [-0.2, -0.15) is 0 Å². The number of ketones is 2. The number of methoxy groups -OCH3 is 2. The standard InChI is InChI=1S/C21H20O6.Si/c1-26-20-11-14(5-9-18(20)24)3-7-16(22)13-17(23)8-4-15-6-10-19(25)21(12-15)27-2;/h3-12,24-25H,13H2,1-2H3;/b7-3+,8-4+;. The van der Waals surface area contributed by atoms with Crippen molar-refractivity contribution in [3.05, 3.63) is 59.7 Å². The fourth-order valence-electron chi connectivity index (χ4n) is 2.26. The molecule has 0 bridgehead atoms. The number of hydrogen-bond donors (Lipinski definition) is 2. The molecule has 0 saturated carbocycles. The highest BCUT2D eigenvalue weighted by atomic mass is 28.1. The highest BCUT2D eigenvalue weighted by Crippen LogP contribution is 2.27. The van der Waals surface area contributed by atoms with Crippen molar-refractivity contribution < 1.29 is 29.3 Å². The zero-order valence-corrected chi connectivity index (χ0v) is 16.5. The van der Waals surface area contributed by atoms with E-state index in [1.54, 1.807) is 36.4 Å². The monoisotopic (exact) mass is 396 g/mol. The average Bonchev–Trinajstić information content (AvgIpc) is 2.66. The Labute approximate surface area is 167 Å². The molecule has 2 N–H and O–H groups in total. The van der Waals surface area contributed by atoms with Crippen molar-refractivity contribution in [2.24, 2.45) is 0 Å².